The number of aliphatic hydroxyl groups excluding tert-OH is 3. The number of ether oxygens (including phenoxy) is 1. The number of phosphoric acid groups is 1. The monoisotopic (exact) mass is 446 g/mol. The summed E-state index contributed by atoms with van der Waals surface area (Å²) in [4.78, 5) is 21.7. The van der Waals surface area contributed by atoms with Crippen molar-refractivity contribution in [1.82, 2.24) is 9.80 Å². The van der Waals surface area contributed by atoms with E-state index in [1.807, 2.05) is 0 Å². The molecule has 1 aliphatic rings. The largest absolute Gasteiger partial charge is 0.472 e. The highest BCUT2D eigenvalue weighted by Gasteiger charge is 2.41. The van der Waals surface area contributed by atoms with E-state index >= 15 is 0 Å². The van der Waals surface area contributed by atoms with Gasteiger partial charge in [0.15, 0.2) is 6.29 Å². The van der Waals surface area contributed by atoms with Crippen LogP contribution in [0.2, 0.25) is 0 Å². The van der Waals surface area contributed by atoms with Gasteiger partial charge in [0.2, 0.25) is 0 Å². The van der Waals surface area contributed by atoms with Crippen molar-refractivity contribution in [1.29, 1.82) is 0 Å². The number of aliphatic hydroxyl groups is 3. The van der Waals surface area contributed by atoms with Crippen LogP contribution in [0.3, 0.4) is 0 Å². The first-order chi connectivity index (χ1) is 13.5. The van der Waals surface area contributed by atoms with Gasteiger partial charge in [-0.1, -0.05) is 41.5 Å². The van der Waals surface area contributed by atoms with E-state index < -0.39 is 39.0 Å². The molecule has 0 spiro atoms. The maximum absolute atomic E-state index is 10.4. The van der Waals surface area contributed by atoms with E-state index in [9.17, 15) is 9.67 Å². The van der Waals surface area contributed by atoms with E-state index in [-0.39, 0.29) is 6.42 Å². The Morgan fingerprint density at radius 1 is 0.966 bits per heavy atom. The Balaban J connectivity index is 0. The van der Waals surface area contributed by atoms with E-state index in [2.05, 4.69) is 55.9 Å². The average Bonchev–Trinajstić information content (AvgIpc) is 3.04. The first-order valence-corrected chi connectivity index (χ1v) is 11.9. The third-order valence-corrected chi connectivity index (χ3v) is 5.12. The molecule has 29 heavy (non-hydrogen) atoms. The topological polar surface area (TPSA) is 143 Å². The van der Waals surface area contributed by atoms with Gasteiger partial charge in [0.1, 0.15) is 12.2 Å². The Hall–Kier alpha value is -0.130. The molecule has 0 radical (unpaired) electrons. The summed E-state index contributed by atoms with van der Waals surface area (Å²) in [6.07, 6.45) is -4.92. The predicted molar refractivity (Wildman–Crippen MR) is 112 cm³/mol. The molecule has 0 aliphatic carbocycles. The highest BCUT2D eigenvalue weighted by Crippen LogP contribution is 2.41. The van der Waals surface area contributed by atoms with Gasteiger partial charge < -0.3 is 39.6 Å². The summed E-state index contributed by atoms with van der Waals surface area (Å²) in [5, 5.41) is 27.0. The van der Waals surface area contributed by atoms with Crippen molar-refractivity contribution in [3.8, 4) is 0 Å². The average molecular weight is 447 g/mol. The molecule has 4 atom stereocenters. The zero-order chi connectivity index (χ0) is 23.0. The molecule has 1 fully saturated rings. The van der Waals surface area contributed by atoms with Gasteiger partial charge in [0, 0.05) is 6.42 Å². The Labute approximate surface area is 175 Å². The molecular weight excluding hydrogens is 403 g/mol. The summed E-state index contributed by atoms with van der Waals surface area (Å²) in [7, 11) is -4.75. The maximum atomic E-state index is 10.4. The van der Waals surface area contributed by atoms with Crippen LogP contribution in [0, 0.1) is 0 Å². The van der Waals surface area contributed by atoms with Crippen molar-refractivity contribution in [3.05, 3.63) is 0 Å². The van der Waals surface area contributed by atoms with E-state index in [1.54, 1.807) is 0 Å². The SMILES string of the molecule is CCN(CC)CC.CCN(CC)CC.O=P(O)(O)O[C@H]1O[C@@H]([C@H](O)CO)C[C@H]1O. The zero-order valence-electron chi connectivity index (χ0n) is 18.8. The Kier molecular flexibility index (Phi) is 18.8. The molecule has 1 aliphatic heterocycles. The quantitative estimate of drug-likeness (QED) is 0.303. The van der Waals surface area contributed by atoms with E-state index in [0.717, 1.165) is 0 Å². The molecule has 1 rings (SSSR count). The number of phosphoric ester groups is 1. The minimum atomic E-state index is -4.75. The van der Waals surface area contributed by atoms with Crippen LogP contribution < -0.4 is 0 Å². The van der Waals surface area contributed by atoms with Crippen molar-refractivity contribution in [2.24, 2.45) is 0 Å². The molecule has 11 heteroatoms. The lowest BCUT2D eigenvalue weighted by Gasteiger charge is -2.17. The fraction of sp³-hybridized carbons (Fsp3) is 1.00. The fourth-order valence-electron chi connectivity index (χ4n) is 2.61. The number of nitrogens with zero attached hydrogens (tertiary/aromatic N) is 2. The maximum Gasteiger partial charge on any atom is 0.472 e. The first-order valence-electron chi connectivity index (χ1n) is 10.3. The van der Waals surface area contributed by atoms with Crippen LogP contribution in [-0.4, -0.2) is 105 Å². The minimum absolute atomic E-state index is 0.0631. The van der Waals surface area contributed by atoms with Crippen LogP contribution in [0.1, 0.15) is 48.0 Å². The van der Waals surface area contributed by atoms with E-state index in [1.165, 1.54) is 39.3 Å². The van der Waals surface area contributed by atoms with Crippen LogP contribution in [-0.2, 0) is 13.8 Å². The standard InChI is InChI=1S/2C6H15N.C6H13O8P/c2*1-4-7(5-2)6-3;7-2-4(9)5-1-3(8)6(13-5)14-15(10,11)12/h2*4-6H2,1-3H3;3-9H,1-2H2,(H2,10,11,12)/t;;3-,4-,5-,6-/m..1/s1. The van der Waals surface area contributed by atoms with E-state index in [0.29, 0.717) is 0 Å². The van der Waals surface area contributed by atoms with Gasteiger partial charge in [-0.3, -0.25) is 4.52 Å². The van der Waals surface area contributed by atoms with Crippen molar-refractivity contribution < 1.29 is 38.9 Å². The lowest BCUT2D eigenvalue weighted by molar-refractivity contribution is -0.142. The Bertz CT molecular complexity index is 396. The second kappa shape index (κ2) is 17.5. The molecule has 0 unspecified atom stereocenters. The molecule has 0 amide bonds. The second-order valence-electron chi connectivity index (χ2n) is 6.43. The van der Waals surface area contributed by atoms with Crippen LogP contribution in [0.15, 0.2) is 0 Å². The Morgan fingerprint density at radius 3 is 1.59 bits per heavy atom. The molecule has 0 aromatic heterocycles. The summed E-state index contributed by atoms with van der Waals surface area (Å²) >= 11 is 0. The number of hydrogen-bond acceptors (Lipinski definition) is 8. The summed E-state index contributed by atoms with van der Waals surface area (Å²) < 4.78 is 19.4. The third-order valence-electron chi connectivity index (χ3n) is 4.64. The van der Waals surface area contributed by atoms with Crippen molar-refractivity contribution in [2.45, 2.75) is 72.6 Å². The minimum Gasteiger partial charge on any atom is -0.394 e. The molecule has 0 aromatic rings. The molecule has 0 saturated carbocycles. The zero-order valence-corrected chi connectivity index (χ0v) is 19.7. The van der Waals surface area contributed by atoms with Crippen LogP contribution >= 0.6 is 7.82 Å². The van der Waals surface area contributed by atoms with Crippen molar-refractivity contribution in [3.63, 3.8) is 0 Å². The van der Waals surface area contributed by atoms with Gasteiger partial charge in [-0.15, -0.1) is 0 Å². The molecule has 0 bridgehead atoms. The summed E-state index contributed by atoms with van der Waals surface area (Å²) in [6, 6.07) is 0. The summed E-state index contributed by atoms with van der Waals surface area (Å²) in [5.74, 6) is 0. The lowest BCUT2D eigenvalue weighted by Crippen LogP contribution is -2.29. The molecule has 1 heterocycles. The highest BCUT2D eigenvalue weighted by atomic mass is 31.2. The molecular formula is C18H43N2O8P. The predicted octanol–water partition coefficient (Wildman–Crippen LogP) is 0.621. The van der Waals surface area contributed by atoms with Gasteiger partial charge in [-0.25, -0.2) is 4.57 Å². The van der Waals surface area contributed by atoms with Crippen molar-refractivity contribution >= 4 is 7.82 Å². The summed E-state index contributed by atoms with van der Waals surface area (Å²) in [5.41, 5.74) is 0. The van der Waals surface area contributed by atoms with Crippen LogP contribution in [0.25, 0.3) is 0 Å². The normalized spacial score (nSPS) is 22.7. The number of hydrogen-bond donors (Lipinski definition) is 5. The molecule has 178 valence electrons. The molecule has 5 N–H and O–H groups in total. The van der Waals surface area contributed by atoms with E-state index in [4.69, 9.17) is 24.7 Å². The van der Waals surface area contributed by atoms with Gasteiger partial charge in [-0.05, 0) is 39.3 Å². The van der Waals surface area contributed by atoms with Gasteiger partial charge >= 0.3 is 7.82 Å². The number of rotatable bonds is 10. The molecule has 10 nitrogen and oxygen atoms in total. The summed E-state index contributed by atoms with van der Waals surface area (Å²) in [6.45, 7) is 19.7. The highest BCUT2D eigenvalue weighted by molar-refractivity contribution is 7.46. The van der Waals surface area contributed by atoms with Crippen LogP contribution in [0.4, 0.5) is 0 Å². The van der Waals surface area contributed by atoms with Crippen LogP contribution in [0.5, 0.6) is 0 Å². The van der Waals surface area contributed by atoms with Gasteiger partial charge in [0.25, 0.3) is 0 Å². The lowest BCUT2D eigenvalue weighted by atomic mass is 10.1. The second-order valence-corrected chi connectivity index (χ2v) is 7.62. The first kappa shape index (κ1) is 31.1. The smallest absolute Gasteiger partial charge is 0.394 e. The van der Waals surface area contributed by atoms with Gasteiger partial charge in [-0.2, -0.15) is 0 Å². The molecule has 0 aromatic carbocycles. The van der Waals surface area contributed by atoms with Crippen molar-refractivity contribution in [2.75, 3.05) is 45.9 Å². The Morgan fingerprint density at radius 2 is 1.34 bits per heavy atom. The fourth-order valence-corrected chi connectivity index (χ4v) is 3.07. The third kappa shape index (κ3) is 15.3. The van der Waals surface area contributed by atoms with Gasteiger partial charge in [0.05, 0.1) is 12.7 Å². The molecule has 1 saturated heterocycles.